The molecular weight excluding hydrogens is 140 g/mol. The molecule has 0 aromatic heterocycles. The highest BCUT2D eigenvalue weighted by Crippen LogP contribution is 2.25. The molecule has 1 aliphatic rings. The monoisotopic (exact) mass is 150 g/mol. The first-order valence-electron chi connectivity index (χ1n) is 3.51. The maximum atomic E-state index is 10.5. The molecule has 0 radical (unpaired) electrons. The van der Waals surface area contributed by atoms with Gasteiger partial charge in [-0.2, -0.15) is 0 Å². The third-order valence-corrected chi connectivity index (χ3v) is 1.84. The zero-order valence-electron chi connectivity index (χ0n) is 6.41. The summed E-state index contributed by atoms with van der Waals surface area (Å²) in [5.41, 5.74) is 0.260. The Labute approximate surface area is 65.6 Å². The lowest BCUT2D eigenvalue weighted by atomic mass is 9.84. The lowest BCUT2D eigenvalue weighted by molar-refractivity contribution is -0.113. The average molecular weight is 150 g/mol. The summed E-state index contributed by atoms with van der Waals surface area (Å²) in [7, 11) is 0. The van der Waals surface area contributed by atoms with Crippen molar-refractivity contribution in [2.45, 2.75) is 13.3 Å². The molecule has 1 unspecified atom stereocenters. The second kappa shape index (κ2) is 2.82. The molecule has 0 bridgehead atoms. The van der Waals surface area contributed by atoms with E-state index < -0.39 is 5.41 Å². The molecule has 0 spiro atoms. The number of carbonyl (C=O) groups is 2. The molecule has 0 fully saturated rings. The van der Waals surface area contributed by atoms with Gasteiger partial charge >= 0.3 is 0 Å². The average Bonchev–Trinajstić information content (AvgIpc) is 2.06. The van der Waals surface area contributed by atoms with Gasteiger partial charge in [0.2, 0.25) is 0 Å². The molecule has 1 aliphatic carbocycles. The van der Waals surface area contributed by atoms with Crippen molar-refractivity contribution in [2.24, 2.45) is 5.41 Å². The number of allylic oxidation sites excluding steroid dienone is 4. The molecule has 11 heavy (non-hydrogen) atoms. The Morgan fingerprint density at radius 1 is 1.55 bits per heavy atom. The zero-order valence-corrected chi connectivity index (χ0v) is 6.41. The fourth-order valence-electron chi connectivity index (χ4n) is 0.935. The van der Waals surface area contributed by atoms with Crippen LogP contribution in [0.15, 0.2) is 23.8 Å². The Balaban J connectivity index is 2.78. The van der Waals surface area contributed by atoms with E-state index in [2.05, 4.69) is 0 Å². The van der Waals surface area contributed by atoms with Crippen molar-refractivity contribution in [3.05, 3.63) is 23.8 Å². The lowest BCUT2D eigenvalue weighted by Crippen LogP contribution is -2.16. The molecule has 0 aromatic carbocycles. The minimum Gasteiger partial charge on any atom is -0.302 e. The first kappa shape index (κ1) is 7.92. The number of hydrogen-bond donors (Lipinski definition) is 0. The van der Waals surface area contributed by atoms with E-state index in [1.165, 1.54) is 0 Å². The van der Waals surface area contributed by atoms with E-state index in [-0.39, 0.29) is 0 Å². The van der Waals surface area contributed by atoms with Crippen LogP contribution in [0.1, 0.15) is 13.3 Å². The summed E-state index contributed by atoms with van der Waals surface area (Å²) in [4.78, 5) is 20.8. The van der Waals surface area contributed by atoms with Gasteiger partial charge in [0.15, 0.2) is 0 Å². The van der Waals surface area contributed by atoms with Crippen molar-refractivity contribution in [3.63, 3.8) is 0 Å². The van der Waals surface area contributed by atoms with E-state index in [1.807, 2.05) is 6.92 Å². The van der Waals surface area contributed by atoms with E-state index in [9.17, 15) is 9.59 Å². The number of rotatable bonds is 2. The van der Waals surface area contributed by atoms with Gasteiger partial charge in [0.05, 0.1) is 0 Å². The van der Waals surface area contributed by atoms with E-state index in [4.69, 9.17) is 0 Å². The van der Waals surface area contributed by atoms with Crippen molar-refractivity contribution in [1.82, 2.24) is 0 Å². The first-order chi connectivity index (χ1) is 5.20. The summed E-state index contributed by atoms with van der Waals surface area (Å²) in [5.74, 6) is 0. The molecule has 0 heterocycles. The van der Waals surface area contributed by atoms with Gasteiger partial charge in [-0.3, -0.25) is 4.79 Å². The van der Waals surface area contributed by atoms with E-state index >= 15 is 0 Å². The van der Waals surface area contributed by atoms with E-state index in [1.54, 1.807) is 18.2 Å². The van der Waals surface area contributed by atoms with Crippen molar-refractivity contribution in [1.29, 1.82) is 0 Å². The SMILES string of the molecule is CC1(C=O)C=CC(C=O)=CC1. The van der Waals surface area contributed by atoms with Crippen LogP contribution in [0.2, 0.25) is 0 Å². The van der Waals surface area contributed by atoms with Crippen molar-refractivity contribution in [2.75, 3.05) is 0 Å². The van der Waals surface area contributed by atoms with Crippen LogP contribution in [0.5, 0.6) is 0 Å². The predicted molar refractivity (Wildman–Crippen MR) is 42.1 cm³/mol. The molecule has 0 saturated carbocycles. The van der Waals surface area contributed by atoms with Crippen LogP contribution in [-0.2, 0) is 9.59 Å². The van der Waals surface area contributed by atoms with Gasteiger partial charge < -0.3 is 4.79 Å². The molecule has 2 heteroatoms. The highest BCUT2D eigenvalue weighted by Gasteiger charge is 2.20. The predicted octanol–water partition coefficient (Wildman–Crippen LogP) is 1.28. The second-order valence-corrected chi connectivity index (χ2v) is 2.98. The summed E-state index contributed by atoms with van der Waals surface area (Å²) in [6, 6.07) is 0. The summed E-state index contributed by atoms with van der Waals surface area (Å²) in [5, 5.41) is 0. The summed E-state index contributed by atoms with van der Waals surface area (Å²) >= 11 is 0. The van der Waals surface area contributed by atoms with Crippen LogP contribution in [0.3, 0.4) is 0 Å². The van der Waals surface area contributed by atoms with Crippen LogP contribution in [0, 0.1) is 5.41 Å². The number of hydrogen-bond acceptors (Lipinski definition) is 2. The smallest absolute Gasteiger partial charge is 0.149 e. The topological polar surface area (TPSA) is 34.1 Å². The Morgan fingerprint density at radius 3 is 2.64 bits per heavy atom. The van der Waals surface area contributed by atoms with E-state index in [0.29, 0.717) is 12.0 Å². The minimum atomic E-state index is -0.396. The quantitative estimate of drug-likeness (QED) is 0.555. The summed E-state index contributed by atoms with van der Waals surface area (Å²) in [6.45, 7) is 1.84. The highest BCUT2D eigenvalue weighted by atomic mass is 16.1. The molecule has 2 nitrogen and oxygen atoms in total. The molecular formula is C9H10O2. The minimum absolute atomic E-state index is 0.396. The molecule has 0 amide bonds. The van der Waals surface area contributed by atoms with Gasteiger partial charge in [-0.25, -0.2) is 0 Å². The Hall–Kier alpha value is -1.18. The van der Waals surface area contributed by atoms with Crippen molar-refractivity contribution >= 4 is 12.6 Å². The Morgan fingerprint density at radius 2 is 2.27 bits per heavy atom. The molecule has 1 atom stereocenters. The summed E-state index contributed by atoms with van der Waals surface area (Å²) < 4.78 is 0. The normalized spacial score (nSPS) is 29.4. The maximum absolute atomic E-state index is 10.5. The Bertz CT molecular complexity index is 238. The van der Waals surface area contributed by atoms with Crippen LogP contribution < -0.4 is 0 Å². The Kier molecular flexibility index (Phi) is 2.03. The third-order valence-electron chi connectivity index (χ3n) is 1.84. The summed E-state index contributed by atoms with van der Waals surface area (Å²) in [6.07, 6.45) is 7.56. The van der Waals surface area contributed by atoms with Gasteiger partial charge in [0.1, 0.15) is 12.6 Å². The van der Waals surface area contributed by atoms with Gasteiger partial charge in [-0.15, -0.1) is 0 Å². The zero-order chi connectivity index (χ0) is 8.32. The lowest BCUT2D eigenvalue weighted by Gasteiger charge is -2.19. The van der Waals surface area contributed by atoms with Crippen LogP contribution in [0.4, 0.5) is 0 Å². The van der Waals surface area contributed by atoms with Crippen molar-refractivity contribution in [3.8, 4) is 0 Å². The molecule has 0 saturated heterocycles. The molecule has 0 N–H and O–H groups in total. The second-order valence-electron chi connectivity index (χ2n) is 2.98. The first-order valence-corrected chi connectivity index (χ1v) is 3.51. The fraction of sp³-hybridized carbons (Fsp3) is 0.333. The van der Waals surface area contributed by atoms with Crippen LogP contribution >= 0.6 is 0 Å². The van der Waals surface area contributed by atoms with Crippen LogP contribution in [0.25, 0.3) is 0 Å². The third kappa shape index (κ3) is 1.64. The largest absolute Gasteiger partial charge is 0.302 e. The van der Waals surface area contributed by atoms with Gasteiger partial charge in [0.25, 0.3) is 0 Å². The molecule has 0 aliphatic heterocycles. The molecule has 1 rings (SSSR count). The van der Waals surface area contributed by atoms with Gasteiger partial charge in [-0.1, -0.05) is 18.2 Å². The van der Waals surface area contributed by atoms with E-state index in [0.717, 1.165) is 12.6 Å². The highest BCUT2D eigenvalue weighted by molar-refractivity contribution is 5.79. The number of carbonyl (C=O) groups excluding carboxylic acids is 2. The van der Waals surface area contributed by atoms with Crippen molar-refractivity contribution < 1.29 is 9.59 Å². The standard InChI is InChI=1S/C9H10O2/c1-9(7-11)4-2-8(6-10)3-5-9/h2-4,6-7H,5H2,1H3. The van der Waals surface area contributed by atoms with Gasteiger partial charge in [-0.05, 0) is 13.3 Å². The number of aldehydes is 2. The fourth-order valence-corrected chi connectivity index (χ4v) is 0.935. The van der Waals surface area contributed by atoms with Gasteiger partial charge in [0, 0.05) is 11.0 Å². The molecule has 58 valence electrons. The molecule has 0 aromatic rings. The maximum Gasteiger partial charge on any atom is 0.149 e. The van der Waals surface area contributed by atoms with Crippen LogP contribution in [-0.4, -0.2) is 12.6 Å².